The van der Waals surface area contributed by atoms with Crippen LogP contribution in [0, 0.1) is 0 Å². The number of amides is 1. The van der Waals surface area contributed by atoms with Crippen LogP contribution >= 0.6 is 11.8 Å². The van der Waals surface area contributed by atoms with Gasteiger partial charge in [-0.25, -0.2) is 0 Å². The molecule has 1 aliphatic carbocycles. The Bertz CT molecular complexity index is 443. The van der Waals surface area contributed by atoms with E-state index in [-0.39, 0.29) is 5.91 Å². The van der Waals surface area contributed by atoms with Gasteiger partial charge >= 0.3 is 0 Å². The molecule has 0 aliphatic heterocycles. The number of hydrogen-bond acceptors (Lipinski definition) is 5. The van der Waals surface area contributed by atoms with E-state index in [1.165, 1.54) is 25.7 Å². The van der Waals surface area contributed by atoms with E-state index in [0.29, 0.717) is 17.0 Å². The van der Waals surface area contributed by atoms with Gasteiger partial charge in [0.25, 0.3) is 5.91 Å². The highest BCUT2D eigenvalue weighted by Gasteiger charge is 2.32. The summed E-state index contributed by atoms with van der Waals surface area (Å²) in [7, 11) is 0. The van der Waals surface area contributed by atoms with Gasteiger partial charge in [0.05, 0.1) is 0 Å². The highest BCUT2D eigenvalue weighted by molar-refractivity contribution is 8.00. The molecule has 0 atom stereocenters. The van der Waals surface area contributed by atoms with Gasteiger partial charge in [-0.15, -0.1) is 10.2 Å². The molecule has 0 aromatic carbocycles. The molecular weight excluding hydrogens is 272 g/mol. The molecule has 20 heavy (non-hydrogen) atoms. The third-order valence-electron chi connectivity index (χ3n) is 3.77. The fourth-order valence-corrected chi connectivity index (χ4v) is 3.44. The number of hydrogen-bond donors (Lipinski definition) is 2. The zero-order valence-electron chi connectivity index (χ0n) is 12.1. The summed E-state index contributed by atoms with van der Waals surface area (Å²) in [5.41, 5.74) is 0.359. The summed E-state index contributed by atoms with van der Waals surface area (Å²) in [6, 6.07) is 3.53. The molecule has 1 fully saturated rings. The summed E-state index contributed by atoms with van der Waals surface area (Å²) >= 11 is 1.94. The minimum absolute atomic E-state index is 0.178. The predicted octanol–water partition coefficient (Wildman–Crippen LogP) is 2.31. The summed E-state index contributed by atoms with van der Waals surface area (Å²) in [6.07, 6.45) is 7.31. The topological polar surface area (TPSA) is 66.9 Å². The molecule has 1 aromatic rings. The number of anilines is 1. The zero-order valence-corrected chi connectivity index (χ0v) is 12.9. The van der Waals surface area contributed by atoms with Gasteiger partial charge in [-0.3, -0.25) is 4.79 Å². The third kappa shape index (κ3) is 3.62. The van der Waals surface area contributed by atoms with Crippen LogP contribution in [0.4, 0.5) is 5.82 Å². The van der Waals surface area contributed by atoms with Crippen molar-refractivity contribution in [2.75, 3.05) is 24.7 Å². The van der Waals surface area contributed by atoms with Crippen LogP contribution in [0.1, 0.15) is 43.1 Å². The molecule has 0 unspecified atom stereocenters. The van der Waals surface area contributed by atoms with Crippen LogP contribution in [-0.2, 0) is 0 Å². The Hall–Kier alpha value is -1.30. The van der Waals surface area contributed by atoms with Gasteiger partial charge in [0.15, 0.2) is 5.69 Å². The minimum Gasteiger partial charge on any atom is -0.367 e. The van der Waals surface area contributed by atoms with Gasteiger partial charge in [-0.05, 0) is 38.2 Å². The van der Waals surface area contributed by atoms with Crippen molar-refractivity contribution in [3.63, 3.8) is 0 Å². The van der Waals surface area contributed by atoms with Gasteiger partial charge in [0.1, 0.15) is 5.82 Å². The highest BCUT2D eigenvalue weighted by Crippen LogP contribution is 2.40. The molecule has 5 nitrogen and oxygen atoms in total. The average molecular weight is 294 g/mol. The van der Waals surface area contributed by atoms with Crippen LogP contribution in [0.5, 0.6) is 0 Å². The SMILES string of the molecule is CCNC(=O)c1ccc(NCC2(SC)CCCC2)nn1. The van der Waals surface area contributed by atoms with Gasteiger partial charge < -0.3 is 10.6 Å². The normalized spacial score (nSPS) is 16.9. The molecule has 0 radical (unpaired) electrons. The van der Waals surface area contributed by atoms with Crippen molar-refractivity contribution in [1.29, 1.82) is 0 Å². The summed E-state index contributed by atoms with van der Waals surface area (Å²) in [5, 5.41) is 14.1. The molecule has 2 rings (SSSR count). The molecule has 2 N–H and O–H groups in total. The van der Waals surface area contributed by atoms with Crippen molar-refractivity contribution >= 4 is 23.5 Å². The standard InChI is InChI=1S/C14H22N4OS/c1-3-15-13(19)11-6-7-12(18-17-11)16-10-14(20-2)8-4-5-9-14/h6-7H,3-5,8-10H2,1-2H3,(H,15,19)(H,16,18). The van der Waals surface area contributed by atoms with E-state index in [9.17, 15) is 4.79 Å². The fraction of sp³-hybridized carbons (Fsp3) is 0.643. The van der Waals surface area contributed by atoms with Gasteiger partial charge in [-0.1, -0.05) is 12.8 Å². The molecule has 1 amide bonds. The Kier molecular flexibility index (Phi) is 5.23. The van der Waals surface area contributed by atoms with Gasteiger partial charge in [-0.2, -0.15) is 11.8 Å². The lowest BCUT2D eigenvalue weighted by Crippen LogP contribution is -2.30. The van der Waals surface area contributed by atoms with Crippen LogP contribution < -0.4 is 10.6 Å². The first-order valence-corrected chi connectivity index (χ1v) is 8.32. The van der Waals surface area contributed by atoms with Crippen LogP contribution in [-0.4, -0.2) is 40.2 Å². The molecular formula is C14H22N4OS. The predicted molar refractivity (Wildman–Crippen MR) is 83.2 cm³/mol. The Morgan fingerprint density at radius 2 is 2.10 bits per heavy atom. The van der Waals surface area contributed by atoms with Gasteiger partial charge in [0.2, 0.25) is 0 Å². The van der Waals surface area contributed by atoms with E-state index in [1.807, 2.05) is 24.8 Å². The van der Waals surface area contributed by atoms with E-state index in [4.69, 9.17) is 0 Å². The van der Waals surface area contributed by atoms with Crippen molar-refractivity contribution in [1.82, 2.24) is 15.5 Å². The molecule has 0 spiro atoms. The molecule has 6 heteroatoms. The highest BCUT2D eigenvalue weighted by atomic mass is 32.2. The van der Waals surface area contributed by atoms with Crippen molar-refractivity contribution < 1.29 is 4.79 Å². The van der Waals surface area contributed by atoms with Crippen LogP contribution in [0.2, 0.25) is 0 Å². The number of rotatable bonds is 6. The smallest absolute Gasteiger partial charge is 0.271 e. The molecule has 0 saturated heterocycles. The van der Waals surface area contributed by atoms with Crippen molar-refractivity contribution in [2.24, 2.45) is 0 Å². The summed E-state index contributed by atoms with van der Waals surface area (Å²) in [6.45, 7) is 3.38. The van der Waals surface area contributed by atoms with Crippen molar-refractivity contribution in [3.05, 3.63) is 17.8 Å². The lowest BCUT2D eigenvalue weighted by molar-refractivity contribution is 0.0950. The van der Waals surface area contributed by atoms with E-state index >= 15 is 0 Å². The number of carbonyl (C=O) groups is 1. The Morgan fingerprint density at radius 1 is 1.35 bits per heavy atom. The maximum Gasteiger partial charge on any atom is 0.271 e. The summed E-state index contributed by atoms with van der Waals surface area (Å²) < 4.78 is 0.333. The second-order valence-corrected chi connectivity index (χ2v) is 6.39. The Labute approximate surface area is 124 Å². The van der Waals surface area contributed by atoms with E-state index in [2.05, 4.69) is 27.1 Å². The molecule has 1 aliphatic rings. The molecule has 1 aromatic heterocycles. The number of nitrogens with one attached hydrogen (secondary N) is 2. The molecule has 1 saturated carbocycles. The molecule has 1 heterocycles. The Balaban J connectivity index is 1.92. The summed E-state index contributed by atoms with van der Waals surface area (Å²) in [5.74, 6) is 0.557. The van der Waals surface area contributed by atoms with E-state index in [0.717, 1.165) is 12.4 Å². The minimum atomic E-state index is -0.178. The second kappa shape index (κ2) is 6.92. The van der Waals surface area contributed by atoms with Crippen LogP contribution in [0.3, 0.4) is 0 Å². The van der Waals surface area contributed by atoms with Gasteiger partial charge in [0, 0.05) is 17.8 Å². The third-order valence-corrected chi connectivity index (χ3v) is 5.19. The first kappa shape index (κ1) is 15.1. The summed E-state index contributed by atoms with van der Waals surface area (Å²) in [4.78, 5) is 11.6. The van der Waals surface area contributed by atoms with Crippen molar-refractivity contribution in [2.45, 2.75) is 37.4 Å². The number of carbonyl (C=O) groups excluding carboxylic acids is 1. The molecule has 0 bridgehead atoms. The first-order valence-electron chi connectivity index (χ1n) is 7.10. The lowest BCUT2D eigenvalue weighted by Gasteiger charge is -2.27. The van der Waals surface area contributed by atoms with E-state index in [1.54, 1.807) is 6.07 Å². The molecule has 110 valence electrons. The largest absolute Gasteiger partial charge is 0.367 e. The first-order chi connectivity index (χ1) is 9.69. The van der Waals surface area contributed by atoms with Crippen molar-refractivity contribution in [3.8, 4) is 0 Å². The lowest BCUT2D eigenvalue weighted by atomic mass is 10.1. The quantitative estimate of drug-likeness (QED) is 0.843. The Morgan fingerprint density at radius 3 is 2.65 bits per heavy atom. The second-order valence-electron chi connectivity index (χ2n) is 5.11. The van der Waals surface area contributed by atoms with Crippen LogP contribution in [0.25, 0.3) is 0 Å². The monoisotopic (exact) mass is 294 g/mol. The fourth-order valence-electron chi connectivity index (χ4n) is 2.52. The maximum atomic E-state index is 11.6. The maximum absolute atomic E-state index is 11.6. The zero-order chi connectivity index (χ0) is 14.4. The van der Waals surface area contributed by atoms with E-state index < -0.39 is 0 Å². The van der Waals surface area contributed by atoms with Crippen LogP contribution in [0.15, 0.2) is 12.1 Å². The average Bonchev–Trinajstić information content (AvgIpc) is 2.95. The number of aromatic nitrogens is 2. The number of nitrogens with zero attached hydrogens (tertiary/aromatic N) is 2. The number of thioether (sulfide) groups is 1.